The molecule has 0 saturated carbocycles. The smallest absolute Gasteiger partial charge is 0.175 e. The second-order valence-corrected chi connectivity index (χ2v) is 4.78. The summed E-state index contributed by atoms with van der Waals surface area (Å²) in [5, 5.41) is 2.88. The van der Waals surface area contributed by atoms with Crippen molar-refractivity contribution in [2.45, 2.75) is 47.0 Å². The number of rotatable bonds is 3. The lowest BCUT2D eigenvalue weighted by Crippen LogP contribution is -2.16. The van der Waals surface area contributed by atoms with Crippen LogP contribution >= 0.6 is 0 Å². The van der Waals surface area contributed by atoms with Gasteiger partial charge in [0.05, 0.1) is 17.7 Å². The van der Waals surface area contributed by atoms with Crippen molar-refractivity contribution in [3.05, 3.63) is 23.4 Å². The molecule has 0 radical (unpaired) electrons. The van der Waals surface area contributed by atoms with E-state index in [0.717, 1.165) is 11.4 Å². The number of allylic oxidation sites excluding steroid dienone is 1. The summed E-state index contributed by atoms with van der Waals surface area (Å²) in [5.41, 5.74) is 2.39. The van der Waals surface area contributed by atoms with Gasteiger partial charge in [-0.3, -0.25) is 4.79 Å². The van der Waals surface area contributed by atoms with Gasteiger partial charge in [0.1, 0.15) is 0 Å². The van der Waals surface area contributed by atoms with Gasteiger partial charge in [-0.2, -0.15) is 0 Å². The molecule has 4 heteroatoms. The van der Waals surface area contributed by atoms with Crippen molar-refractivity contribution >= 4 is 11.9 Å². The predicted octanol–water partition coefficient (Wildman–Crippen LogP) is 2.88. The van der Waals surface area contributed by atoms with Crippen molar-refractivity contribution in [3.63, 3.8) is 0 Å². The molecule has 1 aromatic heterocycles. The van der Waals surface area contributed by atoms with Crippen molar-refractivity contribution in [1.82, 2.24) is 15.3 Å². The van der Waals surface area contributed by atoms with Crippen LogP contribution < -0.4 is 5.32 Å². The van der Waals surface area contributed by atoms with E-state index in [9.17, 15) is 4.79 Å². The molecule has 18 heavy (non-hydrogen) atoms. The Morgan fingerprint density at radius 3 is 2.33 bits per heavy atom. The van der Waals surface area contributed by atoms with Gasteiger partial charge < -0.3 is 10.3 Å². The Morgan fingerprint density at radius 2 is 1.94 bits per heavy atom. The number of hydrogen-bond donors (Lipinski definition) is 2. The van der Waals surface area contributed by atoms with Crippen LogP contribution in [0.1, 0.15) is 52.9 Å². The number of hydrogen-bond acceptors (Lipinski definition) is 3. The Kier molecular flexibility index (Phi) is 6.37. The van der Waals surface area contributed by atoms with Gasteiger partial charge >= 0.3 is 0 Å². The van der Waals surface area contributed by atoms with E-state index in [1.807, 2.05) is 13.8 Å². The highest BCUT2D eigenvalue weighted by Gasteiger charge is 2.19. The van der Waals surface area contributed by atoms with Crippen LogP contribution in [0.5, 0.6) is 0 Å². The highest BCUT2D eigenvalue weighted by Crippen LogP contribution is 2.24. The number of imidazole rings is 1. The Morgan fingerprint density at radius 1 is 1.39 bits per heavy atom. The number of nitrogens with one attached hydrogen (secondary N) is 2. The van der Waals surface area contributed by atoms with Crippen LogP contribution in [-0.4, -0.2) is 22.8 Å². The molecule has 1 aromatic rings. The number of nitrogens with zero attached hydrogens (tertiary/aromatic N) is 1. The number of carbonyl (C=O) groups excluding carboxylic acids is 1. The molecule has 0 aliphatic heterocycles. The molecule has 0 fully saturated rings. The van der Waals surface area contributed by atoms with Crippen LogP contribution in [-0.2, 0) is 10.2 Å². The molecule has 1 rings (SSSR count). The molecule has 0 unspecified atom stereocenters. The predicted molar refractivity (Wildman–Crippen MR) is 76.4 cm³/mol. The first-order chi connectivity index (χ1) is 8.36. The Labute approximate surface area is 110 Å². The first-order valence-electron chi connectivity index (χ1n) is 6.30. The normalized spacial score (nSPS) is 11.6. The lowest BCUT2D eigenvalue weighted by molar-refractivity contribution is -0.113. The van der Waals surface area contributed by atoms with E-state index in [0.29, 0.717) is 5.70 Å². The topological polar surface area (TPSA) is 57.8 Å². The molecule has 0 bridgehead atoms. The van der Waals surface area contributed by atoms with Gasteiger partial charge in [-0.05, 0) is 6.08 Å². The number of carbonyl (C=O) groups is 1. The standard InChI is InChI=1S/C12H19N3O.C2H6/c1-8(16)9(13-5)6-10-11(12(2,3)4)15-7-14-10;1-2/h6-7,13H,1-5H3,(H,14,15);1-2H3/b9-6-;. The quantitative estimate of drug-likeness (QED) is 0.812. The van der Waals surface area contributed by atoms with Gasteiger partial charge in [0.2, 0.25) is 0 Å². The molecule has 0 aliphatic carbocycles. The Hall–Kier alpha value is -1.58. The second kappa shape index (κ2) is 6.99. The Bertz CT molecular complexity index is 411. The zero-order chi connectivity index (χ0) is 14.3. The minimum atomic E-state index is -0.0159. The number of aromatic amines is 1. The van der Waals surface area contributed by atoms with Crippen molar-refractivity contribution in [3.8, 4) is 0 Å². The fourth-order valence-corrected chi connectivity index (χ4v) is 1.50. The lowest BCUT2D eigenvalue weighted by Gasteiger charge is -2.17. The highest BCUT2D eigenvalue weighted by molar-refractivity contribution is 5.96. The van der Waals surface area contributed by atoms with E-state index in [2.05, 4.69) is 36.1 Å². The molecule has 1 heterocycles. The molecule has 0 atom stereocenters. The highest BCUT2D eigenvalue weighted by atomic mass is 16.1. The fraction of sp³-hybridized carbons (Fsp3) is 0.571. The van der Waals surface area contributed by atoms with Gasteiger partial charge in [0.25, 0.3) is 0 Å². The maximum absolute atomic E-state index is 11.3. The summed E-state index contributed by atoms with van der Waals surface area (Å²) >= 11 is 0. The van der Waals surface area contributed by atoms with Crippen LogP contribution in [0.25, 0.3) is 6.08 Å². The van der Waals surface area contributed by atoms with E-state index >= 15 is 0 Å². The number of aromatic nitrogens is 2. The molecular weight excluding hydrogens is 226 g/mol. The SMILES string of the molecule is CC.CN/C(=C\c1nc[nH]c1C(C)(C)C)C(C)=O. The summed E-state index contributed by atoms with van der Waals surface area (Å²) in [4.78, 5) is 18.6. The monoisotopic (exact) mass is 251 g/mol. The molecule has 0 aliphatic rings. The minimum Gasteiger partial charge on any atom is -0.385 e. The summed E-state index contributed by atoms with van der Waals surface area (Å²) in [6.07, 6.45) is 3.43. The van der Waals surface area contributed by atoms with E-state index in [1.165, 1.54) is 6.92 Å². The first-order valence-corrected chi connectivity index (χ1v) is 6.30. The van der Waals surface area contributed by atoms with Crippen LogP contribution in [0.4, 0.5) is 0 Å². The number of H-pyrrole nitrogens is 1. The minimum absolute atomic E-state index is 0.00496. The molecule has 0 saturated heterocycles. The van der Waals surface area contributed by atoms with E-state index < -0.39 is 0 Å². The van der Waals surface area contributed by atoms with Gasteiger partial charge in [-0.1, -0.05) is 34.6 Å². The first kappa shape index (κ1) is 16.4. The summed E-state index contributed by atoms with van der Waals surface area (Å²) < 4.78 is 0. The van der Waals surface area contributed by atoms with Crippen molar-refractivity contribution in [2.75, 3.05) is 7.05 Å². The lowest BCUT2D eigenvalue weighted by atomic mass is 9.90. The average Bonchev–Trinajstić information content (AvgIpc) is 2.76. The maximum Gasteiger partial charge on any atom is 0.175 e. The van der Waals surface area contributed by atoms with Crippen LogP contribution in [0.3, 0.4) is 0 Å². The van der Waals surface area contributed by atoms with Gasteiger partial charge in [0.15, 0.2) is 5.78 Å². The number of likely N-dealkylation sites (N-methyl/N-ethyl adjacent to an activating group) is 1. The van der Waals surface area contributed by atoms with Gasteiger partial charge in [-0.15, -0.1) is 0 Å². The maximum atomic E-state index is 11.3. The third-order valence-corrected chi connectivity index (χ3v) is 2.35. The molecule has 4 nitrogen and oxygen atoms in total. The molecule has 2 N–H and O–H groups in total. The van der Waals surface area contributed by atoms with E-state index in [1.54, 1.807) is 19.5 Å². The molecule has 0 spiro atoms. The summed E-state index contributed by atoms with van der Waals surface area (Å²) in [6.45, 7) is 11.8. The third kappa shape index (κ3) is 4.35. The van der Waals surface area contributed by atoms with Gasteiger partial charge in [-0.25, -0.2) is 4.98 Å². The third-order valence-electron chi connectivity index (χ3n) is 2.35. The van der Waals surface area contributed by atoms with Gasteiger partial charge in [0, 0.05) is 25.1 Å². The van der Waals surface area contributed by atoms with E-state index in [4.69, 9.17) is 0 Å². The average molecular weight is 251 g/mol. The fourth-order valence-electron chi connectivity index (χ4n) is 1.50. The number of Topliss-reactive ketones (excluding diaryl/α,β-unsaturated/α-hetero) is 1. The van der Waals surface area contributed by atoms with Crippen molar-refractivity contribution < 1.29 is 4.79 Å². The van der Waals surface area contributed by atoms with Crippen LogP contribution in [0, 0.1) is 0 Å². The number of ketones is 1. The molecule has 102 valence electrons. The summed E-state index contributed by atoms with van der Waals surface area (Å²) in [7, 11) is 1.73. The molecule has 0 amide bonds. The largest absolute Gasteiger partial charge is 0.385 e. The van der Waals surface area contributed by atoms with Crippen LogP contribution in [0.15, 0.2) is 12.0 Å². The van der Waals surface area contributed by atoms with E-state index in [-0.39, 0.29) is 11.2 Å². The van der Waals surface area contributed by atoms with Crippen molar-refractivity contribution in [2.24, 2.45) is 0 Å². The summed E-state index contributed by atoms with van der Waals surface area (Å²) in [5.74, 6) is 0.00496. The zero-order valence-corrected chi connectivity index (χ0v) is 12.5. The summed E-state index contributed by atoms with van der Waals surface area (Å²) in [6, 6.07) is 0. The molecular formula is C14H25N3O. The zero-order valence-electron chi connectivity index (χ0n) is 12.5. The second-order valence-electron chi connectivity index (χ2n) is 4.78. The molecule has 0 aromatic carbocycles. The van der Waals surface area contributed by atoms with Crippen LogP contribution in [0.2, 0.25) is 0 Å². The van der Waals surface area contributed by atoms with Crippen molar-refractivity contribution in [1.29, 1.82) is 0 Å². The Balaban J connectivity index is 0.00000137.